The summed E-state index contributed by atoms with van der Waals surface area (Å²) in [5.74, 6) is 1.47. The molecule has 0 bridgehead atoms. The zero-order valence-corrected chi connectivity index (χ0v) is 11.3. The van der Waals surface area contributed by atoms with E-state index in [0.29, 0.717) is 5.82 Å². The predicted molar refractivity (Wildman–Crippen MR) is 62.2 cm³/mol. The first kappa shape index (κ1) is 15.1. The van der Waals surface area contributed by atoms with Crippen LogP contribution >= 0.6 is 0 Å². The van der Waals surface area contributed by atoms with Crippen LogP contribution in [0.1, 0.15) is 24.7 Å². The lowest BCUT2D eigenvalue weighted by Crippen LogP contribution is -3.00. The van der Waals surface area contributed by atoms with E-state index in [2.05, 4.69) is 38.0 Å². The first-order chi connectivity index (χ1) is 6.92. The summed E-state index contributed by atoms with van der Waals surface area (Å²) >= 11 is 0. The normalized spacial score (nSPS) is 11.0. The molecule has 5 heteroatoms. The van der Waals surface area contributed by atoms with Crippen LogP contribution in [0.4, 0.5) is 5.82 Å². The Morgan fingerprint density at radius 2 is 1.94 bits per heavy atom. The van der Waals surface area contributed by atoms with Crippen LogP contribution in [-0.2, 0) is 13.0 Å². The number of aryl methyl sites for hydroxylation is 1. The number of halogens is 1. The summed E-state index contributed by atoms with van der Waals surface area (Å²) in [6, 6.07) is 0. The first-order valence-corrected chi connectivity index (χ1v) is 5.33. The van der Waals surface area contributed by atoms with Gasteiger partial charge in [0.2, 0.25) is 0 Å². The van der Waals surface area contributed by atoms with Crippen LogP contribution in [0.3, 0.4) is 0 Å². The van der Waals surface area contributed by atoms with Gasteiger partial charge in [-0.15, -0.1) is 0 Å². The maximum atomic E-state index is 5.90. The maximum absolute atomic E-state index is 5.90. The number of nitrogen functional groups attached to an aromatic ring is 1. The molecule has 0 atom stereocenters. The van der Waals surface area contributed by atoms with Gasteiger partial charge >= 0.3 is 0 Å². The van der Waals surface area contributed by atoms with Crippen molar-refractivity contribution in [1.29, 1.82) is 0 Å². The SMILES string of the molecule is CCCc1ncc(C[N+](C)(C)C)c(N)n1.[Cl-]. The van der Waals surface area contributed by atoms with Crippen molar-refractivity contribution in [3.05, 3.63) is 17.6 Å². The highest BCUT2D eigenvalue weighted by Crippen LogP contribution is 2.12. The van der Waals surface area contributed by atoms with Gasteiger partial charge in [0, 0.05) is 12.6 Å². The fourth-order valence-corrected chi connectivity index (χ4v) is 1.44. The number of nitrogens with two attached hydrogens (primary N) is 1. The molecule has 2 N–H and O–H groups in total. The van der Waals surface area contributed by atoms with Crippen molar-refractivity contribution >= 4 is 5.82 Å². The Hall–Kier alpha value is -0.870. The van der Waals surface area contributed by atoms with Gasteiger partial charge in [0.15, 0.2) is 0 Å². The number of anilines is 1. The van der Waals surface area contributed by atoms with Gasteiger partial charge in [-0.2, -0.15) is 0 Å². The number of quaternary nitrogens is 1. The van der Waals surface area contributed by atoms with Crippen molar-refractivity contribution < 1.29 is 16.9 Å². The Balaban J connectivity index is 0.00000225. The molecular weight excluding hydrogens is 224 g/mol. The number of aromatic nitrogens is 2. The molecular formula is C11H21ClN4. The van der Waals surface area contributed by atoms with Gasteiger partial charge in [0.1, 0.15) is 18.2 Å². The third kappa shape index (κ3) is 4.77. The van der Waals surface area contributed by atoms with Crippen LogP contribution in [0.5, 0.6) is 0 Å². The van der Waals surface area contributed by atoms with Crippen molar-refractivity contribution in [2.45, 2.75) is 26.3 Å². The minimum absolute atomic E-state index is 0. The Labute approximate surface area is 104 Å². The lowest BCUT2D eigenvalue weighted by atomic mass is 10.2. The Kier molecular flexibility index (Phi) is 5.68. The highest BCUT2D eigenvalue weighted by molar-refractivity contribution is 5.36. The fourth-order valence-electron chi connectivity index (χ4n) is 1.44. The first-order valence-electron chi connectivity index (χ1n) is 5.33. The van der Waals surface area contributed by atoms with Crippen molar-refractivity contribution in [1.82, 2.24) is 9.97 Å². The summed E-state index contributed by atoms with van der Waals surface area (Å²) in [6.07, 6.45) is 3.81. The average molecular weight is 245 g/mol. The van der Waals surface area contributed by atoms with Gasteiger partial charge in [-0.05, 0) is 6.42 Å². The van der Waals surface area contributed by atoms with Crippen molar-refractivity contribution in [2.75, 3.05) is 26.9 Å². The van der Waals surface area contributed by atoms with Crippen molar-refractivity contribution in [3.8, 4) is 0 Å². The largest absolute Gasteiger partial charge is 1.00 e. The summed E-state index contributed by atoms with van der Waals surface area (Å²) in [5.41, 5.74) is 6.93. The molecule has 0 aromatic carbocycles. The van der Waals surface area contributed by atoms with E-state index in [1.807, 2.05) is 6.20 Å². The minimum atomic E-state index is 0. The van der Waals surface area contributed by atoms with Gasteiger partial charge in [-0.1, -0.05) is 6.92 Å². The van der Waals surface area contributed by atoms with Gasteiger partial charge < -0.3 is 22.6 Å². The molecule has 0 unspecified atom stereocenters. The quantitative estimate of drug-likeness (QED) is 0.638. The molecule has 92 valence electrons. The Morgan fingerprint density at radius 3 is 2.38 bits per heavy atom. The number of hydrogen-bond acceptors (Lipinski definition) is 3. The van der Waals surface area contributed by atoms with Gasteiger partial charge in [-0.25, -0.2) is 9.97 Å². The molecule has 0 fully saturated rings. The van der Waals surface area contributed by atoms with Crippen molar-refractivity contribution in [2.24, 2.45) is 0 Å². The summed E-state index contributed by atoms with van der Waals surface area (Å²) in [5, 5.41) is 0. The highest BCUT2D eigenvalue weighted by atomic mass is 35.5. The molecule has 0 amide bonds. The lowest BCUT2D eigenvalue weighted by Gasteiger charge is -2.24. The average Bonchev–Trinajstić information content (AvgIpc) is 2.08. The zero-order valence-electron chi connectivity index (χ0n) is 10.5. The molecule has 0 aliphatic heterocycles. The number of hydrogen-bond donors (Lipinski definition) is 1. The number of rotatable bonds is 4. The maximum Gasteiger partial charge on any atom is 0.136 e. The second-order valence-electron chi connectivity index (χ2n) is 4.90. The standard InChI is InChI=1S/C11H21N4.ClH/c1-5-6-10-13-7-9(11(12)14-10)8-15(2,3)4;/h7H,5-6,8H2,1-4H3,(H2,12,13,14);1H/q+1;/p-1. The molecule has 4 nitrogen and oxygen atoms in total. The molecule has 1 aromatic heterocycles. The molecule has 0 radical (unpaired) electrons. The molecule has 1 rings (SSSR count). The molecule has 0 aliphatic rings. The summed E-state index contributed by atoms with van der Waals surface area (Å²) in [6.45, 7) is 2.97. The smallest absolute Gasteiger partial charge is 0.136 e. The van der Waals surface area contributed by atoms with Crippen LogP contribution in [-0.4, -0.2) is 35.6 Å². The molecule has 0 aliphatic carbocycles. The highest BCUT2D eigenvalue weighted by Gasteiger charge is 2.12. The molecule has 1 heterocycles. The van der Waals surface area contributed by atoms with E-state index in [0.717, 1.165) is 35.3 Å². The number of nitrogens with zero attached hydrogens (tertiary/aromatic N) is 3. The third-order valence-electron chi connectivity index (χ3n) is 2.07. The van der Waals surface area contributed by atoms with Gasteiger partial charge in [-0.3, -0.25) is 0 Å². The summed E-state index contributed by atoms with van der Waals surface area (Å²) in [4.78, 5) is 8.62. The van der Waals surface area contributed by atoms with E-state index >= 15 is 0 Å². The van der Waals surface area contributed by atoms with E-state index in [4.69, 9.17) is 5.73 Å². The molecule has 0 saturated carbocycles. The topological polar surface area (TPSA) is 51.8 Å². The van der Waals surface area contributed by atoms with E-state index in [1.54, 1.807) is 0 Å². The second kappa shape index (κ2) is 6.01. The van der Waals surface area contributed by atoms with Crippen LogP contribution in [0.15, 0.2) is 6.20 Å². The van der Waals surface area contributed by atoms with E-state index in [-0.39, 0.29) is 12.4 Å². The van der Waals surface area contributed by atoms with E-state index in [1.165, 1.54) is 0 Å². The van der Waals surface area contributed by atoms with Gasteiger partial charge in [0.05, 0.1) is 26.7 Å². The Morgan fingerprint density at radius 1 is 1.31 bits per heavy atom. The second-order valence-corrected chi connectivity index (χ2v) is 4.90. The van der Waals surface area contributed by atoms with Crippen LogP contribution in [0, 0.1) is 0 Å². The minimum Gasteiger partial charge on any atom is -1.00 e. The fraction of sp³-hybridized carbons (Fsp3) is 0.636. The molecule has 0 saturated heterocycles. The molecule has 1 aromatic rings. The van der Waals surface area contributed by atoms with E-state index < -0.39 is 0 Å². The Bertz CT molecular complexity index is 333. The predicted octanol–water partition coefficient (Wildman–Crippen LogP) is -1.78. The summed E-state index contributed by atoms with van der Waals surface area (Å²) in [7, 11) is 6.37. The van der Waals surface area contributed by atoms with Crippen LogP contribution in [0.25, 0.3) is 0 Å². The summed E-state index contributed by atoms with van der Waals surface area (Å²) < 4.78 is 0.834. The molecule has 16 heavy (non-hydrogen) atoms. The zero-order chi connectivity index (χ0) is 11.5. The van der Waals surface area contributed by atoms with Crippen LogP contribution in [0.2, 0.25) is 0 Å². The van der Waals surface area contributed by atoms with Gasteiger partial charge in [0.25, 0.3) is 0 Å². The van der Waals surface area contributed by atoms with Crippen molar-refractivity contribution in [3.63, 3.8) is 0 Å². The molecule has 0 spiro atoms. The monoisotopic (exact) mass is 244 g/mol. The lowest BCUT2D eigenvalue weighted by molar-refractivity contribution is -0.883. The third-order valence-corrected chi connectivity index (χ3v) is 2.07. The van der Waals surface area contributed by atoms with E-state index in [9.17, 15) is 0 Å². The van der Waals surface area contributed by atoms with Crippen LogP contribution < -0.4 is 18.1 Å².